The highest BCUT2D eigenvalue weighted by molar-refractivity contribution is 5.79. The molecular formula is C20H28N4O3. The number of benzene rings is 1. The molecule has 7 heteroatoms. The fourth-order valence-electron chi connectivity index (χ4n) is 2.64. The van der Waals surface area contributed by atoms with Crippen LogP contribution in [0.4, 0.5) is 0 Å². The lowest BCUT2D eigenvalue weighted by Crippen LogP contribution is -2.38. The molecule has 2 aromatic rings. The van der Waals surface area contributed by atoms with Crippen LogP contribution >= 0.6 is 0 Å². The van der Waals surface area contributed by atoms with Crippen molar-refractivity contribution in [2.75, 3.05) is 19.9 Å². The zero-order valence-electron chi connectivity index (χ0n) is 16.5. The van der Waals surface area contributed by atoms with E-state index in [2.05, 4.69) is 47.4 Å². The molecule has 0 fully saturated rings. The van der Waals surface area contributed by atoms with Gasteiger partial charge in [0.1, 0.15) is 12.3 Å². The molecule has 146 valence electrons. The summed E-state index contributed by atoms with van der Waals surface area (Å²) < 4.78 is 16.6. The van der Waals surface area contributed by atoms with Crippen molar-refractivity contribution >= 4 is 5.96 Å². The van der Waals surface area contributed by atoms with Gasteiger partial charge in [-0.3, -0.25) is 0 Å². The molecule has 0 saturated heterocycles. The molecule has 27 heavy (non-hydrogen) atoms. The first-order valence-electron chi connectivity index (χ1n) is 9.31. The largest absolute Gasteiger partial charge is 0.454 e. The lowest BCUT2D eigenvalue weighted by atomic mass is 9.94. The molecule has 0 atom stereocenters. The number of oxazole rings is 1. The van der Waals surface area contributed by atoms with E-state index in [1.54, 1.807) is 6.20 Å². The molecule has 7 nitrogen and oxygen atoms in total. The summed E-state index contributed by atoms with van der Waals surface area (Å²) in [5.74, 6) is 3.85. The summed E-state index contributed by atoms with van der Waals surface area (Å²) in [5, 5.41) is 6.58. The number of nitrogens with zero attached hydrogens (tertiary/aromatic N) is 2. The van der Waals surface area contributed by atoms with Gasteiger partial charge in [-0.05, 0) is 31.0 Å². The fraction of sp³-hybridized carbons (Fsp3) is 0.500. The average molecular weight is 372 g/mol. The van der Waals surface area contributed by atoms with E-state index in [-0.39, 0.29) is 5.41 Å². The highest BCUT2D eigenvalue weighted by Crippen LogP contribution is 2.32. The van der Waals surface area contributed by atoms with Crippen molar-refractivity contribution < 1.29 is 13.9 Å². The Morgan fingerprint density at radius 1 is 1.19 bits per heavy atom. The highest BCUT2D eigenvalue weighted by atomic mass is 16.7. The van der Waals surface area contributed by atoms with Crippen molar-refractivity contribution in [2.24, 2.45) is 4.99 Å². The molecule has 0 bridgehead atoms. The van der Waals surface area contributed by atoms with Crippen LogP contribution in [0.15, 0.2) is 33.8 Å². The molecule has 1 aromatic carbocycles. The van der Waals surface area contributed by atoms with Crippen LogP contribution in [-0.2, 0) is 18.4 Å². The van der Waals surface area contributed by atoms with Crippen LogP contribution in [0, 0.1) is 0 Å². The molecule has 1 aliphatic rings. The van der Waals surface area contributed by atoms with E-state index in [1.807, 2.05) is 19.1 Å². The summed E-state index contributed by atoms with van der Waals surface area (Å²) in [6.07, 6.45) is 2.64. The van der Waals surface area contributed by atoms with Gasteiger partial charge in [-0.15, -0.1) is 0 Å². The number of aromatic nitrogens is 1. The number of hydrogen-bond acceptors (Lipinski definition) is 5. The van der Waals surface area contributed by atoms with Gasteiger partial charge in [-0.2, -0.15) is 0 Å². The Labute approximate surface area is 160 Å². The first-order valence-corrected chi connectivity index (χ1v) is 9.31. The van der Waals surface area contributed by atoms with Crippen molar-refractivity contribution in [3.05, 3.63) is 41.6 Å². The second-order valence-electron chi connectivity index (χ2n) is 7.43. The zero-order valence-corrected chi connectivity index (χ0v) is 16.5. The quantitative estimate of drug-likeness (QED) is 0.599. The van der Waals surface area contributed by atoms with Gasteiger partial charge >= 0.3 is 0 Å². The molecule has 2 heterocycles. The van der Waals surface area contributed by atoms with Crippen LogP contribution in [0.1, 0.15) is 44.9 Å². The van der Waals surface area contributed by atoms with E-state index >= 15 is 0 Å². The molecule has 2 N–H and O–H groups in total. The highest BCUT2D eigenvalue weighted by Gasteiger charge is 2.19. The Bertz CT molecular complexity index is 793. The molecular weight excluding hydrogens is 344 g/mol. The lowest BCUT2D eigenvalue weighted by Gasteiger charge is -2.13. The predicted octanol–water partition coefficient (Wildman–Crippen LogP) is 3.00. The van der Waals surface area contributed by atoms with Crippen LogP contribution in [0.25, 0.3) is 0 Å². The summed E-state index contributed by atoms with van der Waals surface area (Å²) >= 11 is 0. The van der Waals surface area contributed by atoms with Gasteiger partial charge in [-0.25, -0.2) is 9.98 Å². The minimum atomic E-state index is -0.0532. The Morgan fingerprint density at radius 2 is 2.00 bits per heavy atom. The van der Waals surface area contributed by atoms with Crippen molar-refractivity contribution in [1.29, 1.82) is 0 Å². The van der Waals surface area contributed by atoms with Gasteiger partial charge in [0.25, 0.3) is 0 Å². The van der Waals surface area contributed by atoms with Gasteiger partial charge in [-0.1, -0.05) is 26.8 Å². The van der Waals surface area contributed by atoms with Crippen molar-refractivity contribution in [3.63, 3.8) is 0 Å². The number of fused-ring (bicyclic) bond motifs is 1. The maximum absolute atomic E-state index is 5.79. The first kappa shape index (κ1) is 19.1. The minimum absolute atomic E-state index is 0.0532. The molecule has 0 aliphatic carbocycles. The third-order valence-corrected chi connectivity index (χ3v) is 4.15. The molecule has 1 aromatic heterocycles. The maximum Gasteiger partial charge on any atom is 0.231 e. The normalized spacial score (nSPS) is 13.7. The zero-order chi connectivity index (χ0) is 19.3. The van der Waals surface area contributed by atoms with E-state index in [0.717, 1.165) is 42.7 Å². The monoisotopic (exact) mass is 372 g/mol. The number of aliphatic imine (C=N–C) groups is 1. The van der Waals surface area contributed by atoms with E-state index in [4.69, 9.17) is 13.9 Å². The summed E-state index contributed by atoms with van der Waals surface area (Å²) in [6.45, 7) is 10.6. The van der Waals surface area contributed by atoms with Crippen LogP contribution in [0.2, 0.25) is 0 Å². The van der Waals surface area contributed by atoms with Crippen LogP contribution in [0.3, 0.4) is 0 Å². The summed E-state index contributed by atoms with van der Waals surface area (Å²) in [5.41, 5.74) is 1.13. The molecule has 0 spiro atoms. The van der Waals surface area contributed by atoms with Crippen molar-refractivity contribution in [2.45, 2.75) is 46.1 Å². The fourth-order valence-corrected chi connectivity index (χ4v) is 2.64. The average Bonchev–Trinajstić information content (AvgIpc) is 3.28. The first-order chi connectivity index (χ1) is 13.0. The summed E-state index contributed by atoms with van der Waals surface area (Å²) in [6, 6.07) is 6.03. The Kier molecular flexibility index (Phi) is 5.88. The second-order valence-corrected chi connectivity index (χ2v) is 7.43. The van der Waals surface area contributed by atoms with Crippen LogP contribution in [0.5, 0.6) is 11.5 Å². The van der Waals surface area contributed by atoms with Crippen LogP contribution < -0.4 is 20.1 Å². The molecule has 0 amide bonds. The van der Waals surface area contributed by atoms with Gasteiger partial charge in [0, 0.05) is 18.5 Å². The van der Waals surface area contributed by atoms with E-state index in [9.17, 15) is 0 Å². The van der Waals surface area contributed by atoms with E-state index < -0.39 is 0 Å². The molecule has 1 aliphatic heterocycles. The number of nitrogens with one attached hydrogen (secondary N) is 2. The maximum atomic E-state index is 5.79. The number of rotatable bonds is 6. The third kappa shape index (κ3) is 5.15. The van der Waals surface area contributed by atoms with Gasteiger partial charge in [0.15, 0.2) is 17.5 Å². The topological polar surface area (TPSA) is 80.9 Å². The molecule has 0 unspecified atom stereocenters. The molecule has 0 saturated carbocycles. The van der Waals surface area contributed by atoms with E-state index in [1.165, 1.54) is 5.56 Å². The Balaban J connectivity index is 1.54. The molecule has 0 radical (unpaired) electrons. The van der Waals surface area contributed by atoms with Gasteiger partial charge < -0.3 is 24.5 Å². The minimum Gasteiger partial charge on any atom is -0.454 e. The summed E-state index contributed by atoms with van der Waals surface area (Å²) in [4.78, 5) is 8.88. The van der Waals surface area contributed by atoms with Gasteiger partial charge in [0.2, 0.25) is 12.7 Å². The second kappa shape index (κ2) is 8.33. The predicted molar refractivity (Wildman–Crippen MR) is 104 cm³/mol. The Morgan fingerprint density at radius 3 is 2.74 bits per heavy atom. The van der Waals surface area contributed by atoms with Crippen molar-refractivity contribution in [1.82, 2.24) is 15.6 Å². The number of guanidine groups is 1. The lowest BCUT2D eigenvalue weighted by molar-refractivity contribution is 0.174. The number of hydrogen-bond donors (Lipinski definition) is 2. The number of ether oxygens (including phenoxy) is 2. The van der Waals surface area contributed by atoms with Gasteiger partial charge in [0.05, 0.1) is 6.20 Å². The van der Waals surface area contributed by atoms with E-state index in [0.29, 0.717) is 19.2 Å². The molecule has 3 rings (SSSR count). The smallest absolute Gasteiger partial charge is 0.231 e. The Hall–Kier alpha value is -2.70. The summed E-state index contributed by atoms with van der Waals surface area (Å²) in [7, 11) is 0. The standard InChI is InChI=1S/C20H28N4O3/c1-5-21-19(24-12-18-23-11-17(27-18)20(2,3)4)22-9-8-14-6-7-15-16(10-14)26-13-25-15/h6-7,10-11H,5,8-9,12-13H2,1-4H3,(H2,21,22,24). The SMILES string of the molecule is CCNC(=NCc1ncc(C(C)(C)C)o1)NCCc1ccc2c(c1)OCO2. The van der Waals surface area contributed by atoms with Crippen molar-refractivity contribution in [3.8, 4) is 11.5 Å². The van der Waals surface area contributed by atoms with Crippen LogP contribution in [-0.4, -0.2) is 30.8 Å². The third-order valence-electron chi connectivity index (χ3n) is 4.15.